The Labute approximate surface area is 107 Å². The lowest BCUT2D eigenvalue weighted by molar-refractivity contribution is -0.141. The number of nitrogens with two attached hydrogens (primary N) is 1. The third-order valence-electron chi connectivity index (χ3n) is 2.64. The van der Waals surface area contributed by atoms with Crippen LogP contribution in [0.5, 0.6) is 0 Å². The Morgan fingerprint density at radius 2 is 2.00 bits per heavy atom. The number of alkyl halides is 3. The van der Waals surface area contributed by atoms with Crippen molar-refractivity contribution in [2.75, 3.05) is 0 Å². The molecule has 0 aliphatic rings. The molecule has 1 aromatic heterocycles. The summed E-state index contributed by atoms with van der Waals surface area (Å²) < 4.78 is 38.5. The first-order valence-corrected chi connectivity index (χ1v) is 5.37. The average Bonchev–Trinajstić information content (AvgIpc) is 2.76. The predicted octanol–water partition coefficient (Wildman–Crippen LogP) is 2.48. The first kappa shape index (κ1) is 13.1. The molecule has 0 fully saturated rings. The fourth-order valence-electron chi connectivity index (χ4n) is 1.71. The van der Waals surface area contributed by atoms with Gasteiger partial charge in [-0.1, -0.05) is 0 Å². The van der Waals surface area contributed by atoms with Crippen LogP contribution in [0.25, 0.3) is 5.69 Å². The van der Waals surface area contributed by atoms with Gasteiger partial charge in [-0.2, -0.15) is 18.3 Å². The van der Waals surface area contributed by atoms with Gasteiger partial charge in [0.2, 0.25) is 0 Å². The number of aromatic nitrogens is 2. The highest BCUT2D eigenvalue weighted by atomic mass is 19.4. The van der Waals surface area contributed by atoms with Crippen LogP contribution in [0.1, 0.15) is 16.8 Å². The second kappa shape index (κ2) is 4.42. The number of nitrogens with zero attached hydrogens (tertiary/aromatic N) is 2. The number of rotatable bonds is 2. The zero-order valence-corrected chi connectivity index (χ0v) is 9.99. The van der Waals surface area contributed by atoms with Crippen LogP contribution in [0, 0.1) is 12.3 Å². The summed E-state index contributed by atoms with van der Waals surface area (Å²) in [6.07, 6.45) is -3.22. The minimum atomic E-state index is -4.46. The molecule has 19 heavy (non-hydrogen) atoms. The molecular weight excluding hydrogens is 257 g/mol. The molecule has 0 atom stereocenters. The highest BCUT2D eigenvalue weighted by molar-refractivity contribution is 5.96. The number of amidine groups is 1. The molecule has 0 radical (unpaired) electrons. The lowest BCUT2D eigenvalue weighted by Crippen LogP contribution is -2.13. The number of nitrogen functional groups attached to an aromatic ring is 1. The minimum Gasteiger partial charge on any atom is -0.384 e. The second-order valence-electron chi connectivity index (χ2n) is 4.06. The number of hydrogen-bond acceptors (Lipinski definition) is 2. The number of hydrogen-bond donors (Lipinski definition) is 2. The van der Waals surface area contributed by atoms with Crippen LogP contribution in [0.4, 0.5) is 13.2 Å². The standard InChI is InChI=1S/C12H11F3N4/c1-7-6-8(2-3-9(7)11(16)17)19-5-4-10(18-19)12(13,14)15/h2-6H,1H3,(H3,16,17). The SMILES string of the molecule is Cc1cc(-n2ccc(C(F)(F)F)n2)ccc1C(=N)N. The maximum absolute atomic E-state index is 12.4. The third kappa shape index (κ3) is 2.59. The molecule has 0 aliphatic carbocycles. The molecule has 0 bridgehead atoms. The predicted molar refractivity (Wildman–Crippen MR) is 64.3 cm³/mol. The van der Waals surface area contributed by atoms with Crippen molar-refractivity contribution in [3.05, 3.63) is 47.3 Å². The van der Waals surface area contributed by atoms with E-state index in [4.69, 9.17) is 11.1 Å². The first-order valence-electron chi connectivity index (χ1n) is 5.37. The van der Waals surface area contributed by atoms with Gasteiger partial charge >= 0.3 is 6.18 Å². The van der Waals surface area contributed by atoms with Crippen molar-refractivity contribution in [1.29, 1.82) is 5.41 Å². The van der Waals surface area contributed by atoms with E-state index in [1.54, 1.807) is 25.1 Å². The van der Waals surface area contributed by atoms with Gasteiger partial charge in [0.1, 0.15) is 5.84 Å². The van der Waals surface area contributed by atoms with Crippen molar-refractivity contribution in [2.45, 2.75) is 13.1 Å². The van der Waals surface area contributed by atoms with E-state index >= 15 is 0 Å². The molecule has 0 aliphatic heterocycles. The summed E-state index contributed by atoms with van der Waals surface area (Å²) in [6, 6.07) is 5.69. The summed E-state index contributed by atoms with van der Waals surface area (Å²) in [4.78, 5) is 0. The molecule has 0 saturated carbocycles. The molecule has 100 valence electrons. The van der Waals surface area contributed by atoms with Crippen molar-refractivity contribution in [3.8, 4) is 5.69 Å². The van der Waals surface area contributed by atoms with Crippen LogP contribution in [0.3, 0.4) is 0 Å². The lowest BCUT2D eigenvalue weighted by atomic mass is 10.1. The van der Waals surface area contributed by atoms with Crippen LogP contribution in [0.2, 0.25) is 0 Å². The third-order valence-corrected chi connectivity index (χ3v) is 2.64. The summed E-state index contributed by atoms with van der Waals surface area (Å²) in [6.45, 7) is 1.73. The molecule has 4 nitrogen and oxygen atoms in total. The Balaban J connectivity index is 2.40. The molecule has 0 unspecified atom stereocenters. The summed E-state index contributed by atoms with van der Waals surface area (Å²) in [5.41, 5.74) is 6.17. The summed E-state index contributed by atoms with van der Waals surface area (Å²) >= 11 is 0. The van der Waals surface area contributed by atoms with Gasteiger partial charge in [-0.15, -0.1) is 0 Å². The lowest BCUT2D eigenvalue weighted by Gasteiger charge is -2.07. The van der Waals surface area contributed by atoms with Gasteiger partial charge in [0, 0.05) is 11.8 Å². The van der Waals surface area contributed by atoms with Gasteiger partial charge in [0.25, 0.3) is 0 Å². The van der Waals surface area contributed by atoms with Gasteiger partial charge in [-0.25, -0.2) is 4.68 Å². The van der Waals surface area contributed by atoms with Gasteiger partial charge < -0.3 is 5.73 Å². The summed E-state index contributed by atoms with van der Waals surface area (Å²) in [5.74, 6) is -0.0829. The Hall–Kier alpha value is -2.31. The van der Waals surface area contributed by atoms with Crippen molar-refractivity contribution >= 4 is 5.84 Å². The highest BCUT2D eigenvalue weighted by Crippen LogP contribution is 2.28. The maximum atomic E-state index is 12.4. The van der Waals surface area contributed by atoms with Crippen LogP contribution < -0.4 is 5.73 Å². The van der Waals surface area contributed by atoms with Crippen LogP contribution >= 0.6 is 0 Å². The zero-order chi connectivity index (χ0) is 14.2. The molecule has 2 aromatic rings. The molecule has 0 saturated heterocycles. The van der Waals surface area contributed by atoms with Crippen molar-refractivity contribution in [2.24, 2.45) is 5.73 Å². The average molecular weight is 268 g/mol. The topological polar surface area (TPSA) is 67.7 Å². The molecule has 2 rings (SSSR count). The van der Waals surface area contributed by atoms with E-state index in [-0.39, 0.29) is 5.84 Å². The fraction of sp³-hybridized carbons (Fsp3) is 0.167. The molecule has 1 heterocycles. The molecule has 7 heteroatoms. The van der Waals surface area contributed by atoms with Crippen molar-refractivity contribution in [3.63, 3.8) is 0 Å². The Bertz CT molecular complexity index is 628. The summed E-state index contributed by atoms with van der Waals surface area (Å²) in [7, 11) is 0. The largest absolute Gasteiger partial charge is 0.435 e. The monoisotopic (exact) mass is 268 g/mol. The molecule has 3 N–H and O–H groups in total. The smallest absolute Gasteiger partial charge is 0.384 e. The van der Waals surface area contributed by atoms with E-state index in [0.29, 0.717) is 16.8 Å². The van der Waals surface area contributed by atoms with E-state index in [1.807, 2.05) is 0 Å². The second-order valence-corrected chi connectivity index (χ2v) is 4.06. The summed E-state index contributed by atoms with van der Waals surface area (Å²) in [5, 5.41) is 10.8. The quantitative estimate of drug-likeness (QED) is 0.649. The van der Waals surface area contributed by atoms with Crippen LogP contribution in [-0.2, 0) is 6.18 Å². The number of nitrogens with one attached hydrogen (secondary N) is 1. The number of halogens is 3. The van der Waals surface area contributed by atoms with Crippen LogP contribution in [-0.4, -0.2) is 15.6 Å². The highest BCUT2D eigenvalue weighted by Gasteiger charge is 2.33. The van der Waals surface area contributed by atoms with E-state index in [9.17, 15) is 13.2 Å². The molecule has 0 amide bonds. The van der Waals surface area contributed by atoms with Gasteiger partial charge in [0.15, 0.2) is 5.69 Å². The van der Waals surface area contributed by atoms with Crippen molar-refractivity contribution < 1.29 is 13.2 Å². The van der Waals surface area contributed by atoms with E-state index < -0.39 is 11.9 Å². The molecule has 0 spiro atoms. The minimum absolute atomic E-state index is 0.0829. The Morgan fingerprint density at radius 1 is 1.32 bits per heavy atom. The molecular formula is C12H11F3N4. The molecule has 1 aromatic carbocycles. The van der Waals surface area contributed by atoms with E-state index in [1.165, 1.54) is 6.20 Å². The Kier molecular flexibility index (Phi) is 3.05. The van der Waals surface area contributed by atoms with Gasteiger partial charge in [0.05, 0.1) is 5.69 Å². The van der Waals surface area contributed by atoms with Crippen LogP contribution in [0.15, 0.2) is 30.5 Å². The fourth-order valence-corrected chi connectivity index (χ4v) is 1.71. The van der Waals surface area contributed by atoms with Gasteiger partial charge in [-0.05, 0) is 36.8 Å². The Morgan fingerprint density at radius 3 is 2.47 bits per heavy atom. The van der Waals surface area contributed by atoms with E-state index in [2.05, 4.69) is 5.10 Å². The van der Waals surface area contributed by atoms with Crippen molar-refractivity contribution in [1.82, 2.24) is 9.78 Å². The zero-order valence-electron chi connectivity index (χ0n) is 9.99. The maximum Gasteiger partial charge on any atom is 0.435 e. The number of benzene rings is 1. The van der Waals surface area contributed by atoms with Gasteiger partial charge in [-0.3, -0.25) is 5.41 Å². The normalized spacial score (nSPS) is 11.6. The first-order chi connectivity index (χ1) is 8.79. The number of aryl methyl sites for hydroxylation is 1. The van der Waals surface area contributed by atoms with E-state index in [0.717, 1.165) is 10.7 Å².